The van der Waals surface area contributed by atoms with Gasteiger partial charge in [-0.3, -0.25) is 0 Å². The molecule has 0 spiro atoms. The van der Waals surface area contributed by atoms with Crippen molar-refractivity contribution in [2.45, 2.75) is 64.5 Å². The summed E-state index contributed by atoms with van der Waals surface area (Å²) in [6, 6.07) is 0.598. The van der Waals surface area contributed by atoms with Gasteiger partial charge in [-0.05, 0) is 38.1 Å². The molecule has 2 rings (SSSR count). The van der Waals surface area contributed by atoms with Crippen molar-refractivity contribution < 1.29 is 4.74 Å². The smallest absolute Gasteiger partial charge is 0.0702 e. The van der Waals surface area contributed by atoms with Gasteiger partial charge in [0.25, 0.3) is 0 Å². The lowest BCUT2D eigenvalue weighted by Crippen LogP contribution is -2.44. The van der Waals surface area contributed by atoms with Crippen molar-refractivity contribution in [1.82, 2.24) is 10.2 Å². The standard InChI is InChI=1S/C16H32N2O/c1-14(2)17-12-16(8-4-5-9-16)13-18(3)11-15-7-6-10-19-15/h14-15,17H,4-13H2,1-3H3. The molecule has 0 aromatic rings. The predicted molar refractivity (Wildman–Crippen MR) is 80.5 cm³/mol. The van der Waals surface area contributed by atoms with E-state index in [0.29, 0.717) is 17.6 Å². The van der Waals surface area contributed by atoms with Crippen molar-refractivity contribution >= 4 is 0 Å². The monoisotopic (exact) mass is 268 g/mol. The molecule has 1 atom stereocenters. The summed E-state index contributed by atoms with van der Waals surface area (Å²) >= 11 is 0. The minimum atomic E-state index is 0.488. The summed E-state index contributed by atoms with van der Waals surface area (Å²) in [4.78, 5) is 2.52. The highest BCUT2D eigenvalue weighted by atomic mass is 16.5. The van der Waals surface area contributed by atoms with Gasteiger partial charge in [-0.15, -0.1) is 0 Å². The Morgan fingerprint density at radius 2 is 2.00 bits per heavy atom. The van der Waals surface area contributed by atoms with Crippen LogP contribution in [-0.4, -0.2) is 50.3 Å². The van der Waals surface area contributed by atoms with E-state index in [1.54, 1.807) is 0 Å². The van der Waals surface area contributed by atoms with E-state index in [4.69, 9.17) is 4.74 Å². The van der Waals surface area contributed by atoms with E-state index in [1.165, 1.54) is 51.6 Å². The molecule has 1 saturated carbocycles. The van der Waals surface area contributed by atoms with Crippen molar-refractivity contribution in [2.24, 2.45) is 5.41 Å². The minimum absolute atomic E-state index is 0.488. The molecule has 1 N–H and O–H groups in total. The van der Waals surface area contributed by atoms with Crippen LogP contribution in [0.15, 0.2) is 0 Å². The maximum absolute atomic E-state index is 5.76. The summed E-state index contributed by atoms with van der Waals surface area (Å²) in [5.41, 5.74) is 0.512. The Hall–Kier alpha value is -0.120. The Labute approximate surface area is 119 Å². The van der Waals surface area contributed by atoms with Crippen molar-refractivity contribution in [2.75, 3.05) is 33.3 Å². The van der Waals surface area contributed by atoms with E-state index in [0.717, 1.165) is 13.2 Å². The fourth-order valence-electron chi connectivity index (χ4n) is 3.71. The fraction of sp³-hybridized carbons (Fsp3) is 1.00. The van der Waals surface area contributed by atoms with E-state index in [-0.39, 0.29) is 0 Å². The molecule has 0 aromatic heterocycles. The first kappa shape index (κ1) is 15.3. The fourth-order valence-corrected chi connectivity index (χ4v) is 3.71. The SMILES string of the molecule is CC(C)NCC1(CN(C)CC2CCCO2)CCCC1. The van der Waals surface area contributed by atoms with E-state index in [1.807, 2.05) is 0 Å². The van der Waals surface area contributed by atoms with Crippen LogP contribution in [0.3, 0.4) is 0 Å². The highest BCUT2D eigenvalue weighted by molar-refractivity contribution is 4.90. The number of hydrogen-bond donors (Lipinski definition) is 1. The lowest BCUT2D eigenvalue weighted by molar-refractivity contribution is 0.0646. The summed E-state index contributed by atoms with van der Waals surface area (Å²) in [5.74, 6) is 0. The molecule has 0 amide bonds. The first-order valence-electron chi connectivity index (χ1n) is 8.13. The van der Waals surface area contributed by atoms with Gasteiger partial charge in [0.15, 0.2) is 0 Å². The Kier molecular flexibility index (Phi) is 5.67. The zero-order chi connectivity index (χ0) is 13.7. The van der Waals surface area contributed by atoms with E-state index in [9.17, 15) is 0 Å². The number of likely N-dealkylation sites (N-methyl/N-ethyl adjacent to an activating group) is 1. The van der Waals surface area contributed by atoms with Crippen LogP contribution >= 0.6 is 0 Å². The van der Waals surface area contributed by atoms with E-state index >= 15 is 0 Å². The molecule has 2 fully saturated rings. The Morgan fingerprint density at radius 1 is 1.26 bits per heavy atom. The van der Waals surface area contributed by atoms with Crippen molar-refractivity contribution in [3.63, 3.8) is 0 Å². The van der Waals surface area contributed by atoms with Crippen LogP contribution in [0.5, 0.6) is 0 Å². The molecule has 0 bridgehead atoms. The molecule has 1 heterocycles. The third-order valence-electron chi connectivity index (χ3n) is 4.69. The van der Waals surface area contributed by atoms with Gasteiger partial charge in [0.2, 0.25) is 0 Å². The van der Waals surface area contributed by atoms with Crippen molar-refractivity contribution in [3.8, 4) is 0 Å². The second kappa shape index (κ2) is 7.05. The third-order valence-corrected chi connectivity index (χ3v) is 4.69. The van der Waals surface area contributed by atoms with Gasteiger partial charge in [-0.1, -0.05) is 26.7 Å². The van der Waals surface area contributed by atoms with Crippen molar-refractivity contribution in [3.05, 3.63) is 0 Å². The Bertz CT molecular complexity index is 255. The first-order valence-corrected chi connectivity index (χ1v) is 8.13. The molecule has 112 valence electrons. The summed E-state index contributed by atoms with van der Waals surface area (Å²) in [5, 5.41) is 3.67. The minimum Gasteiger partial charge on any atom is -0.377 e. The maximum atomic E-state index is 5.76. The zero-order valence-electron chi connectivity index (χ0n) is 13.1. The number of ether oxygens (including phenoxy) is 1. The molecular weight excluding hydrogens is 236 g/mol. The van der Waals surface area contributed by atoms with Gasteiger partial charge >= 0.3 is 0 Å². The molecule has 1 aliphatic carbocycles. The number of rotatable bonds is 7. The average Bonchev–Trinajstić information content (AvgIpc) is 2.99. The lowest BCUT2D eigenvalue weighted by Gasteiger charge is -2.35. The van der Waals surface area contributed by atoms with Gasteiger partial charge in [0.1, 0.15) is 0 Å². The molecule has 1 saturated heterocycles. The first-order chi connectivity index (χ1) is 9.10. The van der Waals surface area contributed by atoms with E-state index in [2.05, 4.69) is 31.1 Å². The molecular formula is C16H32N2O. The van der Waals surface area contributed by atoms with Crippen LogP contribution in [0.1, 0.15) is 52.4 Å². The molecule has 3 nitrogen and oxygen atoms in total. The van der Waals surface area contributed by atoms with Gasteiger partial charge in [-0.2, -0.15) is 0 Å². The summed E-state index contributed by atoms with van der Waals surface area (Å²) in [6.07, 6.45) is 8.59. The second-order valence-corrected chi connectivity index (χ2v) is 7.07. The summed E-state index contributed by atoms with van der Waals surface area (Å²) < 4.78 is 5.76. The molecule has 0 aromatic carbocycles. The van der Waals surface area contributed by atoms with Crippen LogP contribution in [0.25, 0.3) is 0 Å². The highest BCUT2D eigenvalue weighted by Crippen LogP contribution is 2.38. The summed E-state index contributed by atoms with van der Waals surface area (Å²) in [7, 11) is 2.27. The predicted octanol–water partition coefficient (Wildman–Crippen LogP) is 2.66. The summed E-state index contributed by atoms with van der Waals surface area (Å²) in [6.45, 7) is 8.99. The van der Waals surface area contributed by atoms with Crippen LogP contribution in [-0.2, 0) is 4.74 Å². The molecule has 19 heavy (non-hydrogen) atoms. The molecule has 1 unspecified atom stereocenters. The molecule has 0 radical (unpaired) electrons. The zero-order valence-corrected chi connectivity index (χ0v) is 13.1. The second-order valence-electron chi connectivity index (χ2n) is 7.07. The van der Waals surface area contributed by atoms with Crippen LogP contribution in [0, 0.1) is 5.41 Å². The van der Waals surface area contributed by atoms with Crippen LogP contribution < -0.4 is 5.32 Å². The highest BCUT2D eigenvalue weighted by Gasteiger charge is 2.35. The van der Waals surface area contributed by atoms with Crippen LogP contribution in [0.4, 0.5) is 0 Å². The van der Waals surface area contributed by atoms with Gasteiger partial charge in [0.05, 0.1) is 6.10 Å². The van der Waals surface area contributed by atoms with E-state index < -0.39 is 0 Å². The largest absolute Gasteiger partial charge is 0.377 e. The number of hydrogen-bond acceptors (Lipinski definition) is 3. The molecule has 3 heteroatoms. The molecule has 2 aliphatic rings. The Morgan fingerprint density at radius 3 is 2.58 bits per heavy atom. The molecule has 1 aliphatic heterocycles. The topological polar surface area (TPSA) is 24.5 Å². The van der Waals surface area contributed by atoms with Gasteiger partial charge in [0, 0.05) is 32.3 Å². The normalized spacial score (nSPS) is 26.7. The van der Waals surface area contributed by atoms with Crippen molar-refractivity contribution in [1.29, 1.82) is 0 Å². The van der Waals surface area contributed by atoms with Gasteiger partial charge < -0.3 is 15.0 Å². The maximum Gasteiger partial charge on any atom is 0.0702 e. The van der Waals surface area contributed by atoms with Gasteiger partial charge in [-0.25, -0.2) is 0 Å². The number of nitrogens with one attached hydrogen (secondary N) is 1. The average molecular weight is 268 g/mol. The quantitative estimate of drug-likeness (QED) is 0.768. The van der Waals surface area contributed by atoms with Crippen LogP contribution in [0.2, 0.25) is 0 Å². The number of nitrogens with zero attached hydrogens (tertiary/aromatic N) is 1. The third kappa shape index (κ3) is 4.73. The lowest BCUT2D eigenvalue weighted by atomic mass is 9.85. The Balaban J connectivity index is 1.81.